The van der Waals surface area contributed by atoms with Crippen LogP contribution in [-0.2, 0) is 20.8 Å². The number of benzene rings is 1. The second kappa shape index (κ2) is 15.2. The second-order valence-corrected chi connectivity index (χ2v) is 11.7. The van der Waals surface area contributed by atoms with Crippen molar-refractivity contribution in [3.05, 3.63) is 53.6 Å². The number of carbonyl (C=O) groups excluding carboxylic acids is 3. The number of hydrogen-bond donors (Lipinski definition) is 4. The fourth-order valence-electron chi connectivity index (χ4n) is 5.51. The van der Waals surface area contributed by atoms with Gasteiger partial charge in [-0.05, 0) is 62.7 Å². The topological polar surface area (TPSA) is 120 Å². The Labute approximate surface area is 244 Å². The van der Waals surface area contributed by atoms with E-state index in [4.69, 9.17) is 4.74 Å². The summed E-state index contributed by atoms with van der Waals surface area (Å²) in [5.74, 6) is -0.806. The summed E-state index contributed by atoms with van der Waals surface area (Å²) in [5, 5.41) is 20.0. The molecule has 6 atom stereocenters. The lowest BCUT2D eigenvalue weighted by Crippen LogP contribution is -2.61. The smallest absolute Gasteiger partial charge is 0.246 e. The molecule has 1 aromatic rings. The number of nitrogens with zero attached hydrogens (tertiary/aromatic N) is 1. The molecule has 6 unspecified atom stereocenters. The van der Waals surface area contributed by atoms with Gasteiger partial charge in [0.25, 0.3) is 0 Å². The number of para-hydroxylation sites is 1. The SMILES string of the molecule is CC1CCc2ccccc2OCCNC(C(C)C)C(=O)N(C)C(C(C)O)C(=O)NC(C(C)C2=CCCC=C2)C(=O)N1. The molecule has 1 aromatic carbocycles. The maximum Gasteiger partial charge on any atom is 0.246 e. The molecule has 3 rings (SSSR count). The van der Waals surface area contributed by atoms with Crippen molar-refractivity contribution in [2.24, 2.45) is 11.8 Å². The number of hydrogen-bond acceptors (Lipinski definition) is 6. The molecule has 3 amide bonds. The van der Waals surface area contributed by atoms with Crippen molar-refractivity contribution < 1.29 is 24.2 Å². The van der Waals surface area contributed by atoms with Gasteiger partial charge in [0.1, 0.15) is 24.4 Å². The highest BCUT2D eigenvalue weighted by Gasteiger charge is 2.38. The first kappa shape index (κ1) is 32.3. The number of aliphatic hydroxyl groups is 1. The number of aryl methyl sites for hydroxylation is 1. The summed E-state index contributed by atoms with van der Waals surface area (Å²) in [6, 6.07) is 5.02. The average molecular weight is 569 g/mol. The Morgan fingerprint density at radius 3 is 2.39 bits per heavy atom. The van der Waals surface area contributed by atoms with Gasteiger partial charge in [0.05, 0.1) is 12.1 Å². The molecule has 0 saturated carbocycles. The Morgan fingerprint density at radius 1 is 1.00 bits per heavy atom. The minimum absolute atomic E-state index is 0.0781. The Bertz CT molecular complexity index is 1120. The van der Waals surface area contributed by atoms with Gasteiger partial charge in [-0.2, -0.15) is 0 Å². The monoisotopic (exact) mass is 568 g/mol. The maximum absolute atomic E-state index is 13.7. The van der Waals surface area contributed by atoms with Crippen molar-refractivity contribution >= 4 is 17.7 Å². The van der Waals surface area contributed by atoms with Crippen molar-refractivity contribution in [2.45, 2.75) is 90.6 Å². The predicted octanol–water partition coefficient (Wildman–Crippen LogP) is 2.74. The first-order valence-electron chi connectivity index (χ1n) is 14.9. The Balaban J connectivity index is 1.97. The number of rotatable bonds is 4. The lowest BCUT2D eigenvalue weighted by molar-refractivity contribution is -0.146. The lowest BCUT2D eigenvalue weighted by Gasteiger charge is -2.35. The Morgan fingerprint density at radius 2 is 1.73 bits per heavy atom. The zero-order valence-electron chi connectivity index (χ0n) is 25.4. The van der Waals surface area contributed by atoms with Crippen molar-refractivity contribution in [1.82, 2.24) is 20.9 Å². The lowest BCUT2D eigenvalue weighted by atomic mass is 9.88. The first-order chi connectivity index (χ1) is 19.5. The molecule has 0 fully saturated rings. The molecule has 0 spiro atoms. The Hall–Kier alpha value is -3.17. The van der Waals surface area contributed by atoms with Crippen molar-refractivity contribution in [3.63, 3.8) is 0 Å². The van der Waals surface area contributed by atoms with Crippen LogP contribution in [0.1, 0.15) is 59.4 Å². The molecular formula is C32H48N4O5. The summed E-state index contributed by atoms with van der Waals surface area (Å²) in [6.45, 7) is 9.99. The molecule has 2 aliphatic rings. The van der Waals surface area contributed by atoms with E-state index in [1.165, 1.54) is 18.9 Å². The summed E-state index contributed by atoms with van der Waals surface area (Å²) in [7, 11) is 1.52. The van der Waals surface area contributed by atoms with Crippen LogP contribution in [-0.4, -0.2) is 78.2 Å². The highest BCUT2D eigenvalue weighted by Crippen LogP contribution is 2.24. The zero-order chi connectivity index (χ0) is 30.1. The number of allylic oxidation sites excluding steroid dienone is 3. The van der Waals surface area contributed by atoms with Gasteiger partial charge in [-0.3, -0.25) is 14.4 Å². The first-order valence-corrected chi connectivity index (χ1v) is 14.9. The number of amides is 3. The van der Waals surface area contributed by atoms with Crippen LogP contribution in [0.25, 0.3) is 0 Å². The standard InChI is InChI=1S/C32H48N4O5/c1-20(2)27-32(40)36(6)29(23(5)37)31(39)35-28(22(4)24-12-8-7-9-13-24)30(38)34-21(3)16-17-25-14-10-11-15-26(25)41-19-18-33-27/h8,10-15,20-23,27-29,33,37H,7,9,16-19H2,1-6H3,(H,34,38)(H,35,39). The van der Waals surface area contributed by atoms with E-state index in [0.29, 0.717) is 26.0 Å². The van der Waals surface area contributed by atoms with Crippen LogP contribution in [0.5, 0.6) is 5.75 Å². The van der Waals surface area contributed by atoms with Crippen LogP contribution < -0.4 is 20.7 Å². The number of carbonyl (C=O) groups is 3. The number of aliphatic hydroxyl groups excluding tert-OH is 1. The third-order valence-electron chi connectivity index (χ3n) is 7.98. The molecule has 0 bridgehead atoms. The van der Waals surface area contributed by atoms with E-state index < -0.39 is 30.1 Å². The summed E-state index contributed by atoms with van der Waals surface area (Å²) in [4.78, 5) is 42.4. The average Bonchev–Trinajstić information content (AvgIpc) is 2.94. The van der Waals surface area contributed by atoms with Crippen molar-refractivity contribution in [3.8, 4) is 5.75 Å². The van der Waals surface area contributed by atoms with Crippen LogP contribution in [0.4, 0.5) is 0 Å². The zero-order valence-corrected chi connectivity index (χ0v) is 25.4. The number of fused-ring (bicyclic) bond motifs is 1. The summed E-state index contributed by atoms with van der Waals surface area (Å²) >= 11 is 0. The molecule has 0 saturated heterocycles. The summed E-state index contributed by atoms with van der Waals surface area (Å²) < 4.78 is 6.08. The molecule has 9 heteroatoms. The van der Waals surface area contributed by atoms with E-state index in [-0.39, 0.29) is 29.7 Å². The number of likely N-dealkylation sites (N-methyl/N-ethyl adjacent to an activating group) is 1. The molecule has 41 heavy (non-hydrogen) atoms. The molecule has 1 heterocycles. The highest BCUT2D eigenvalue weighted by atomic mass is 16.5. The minimum Gasteiger partial charge on any atom is -0.492 e. The van der Waals surface area contributed by atoms with Gasteiger partial charge >= 0.3 is 0 Å². The van der Waals surface area contributed by atoms with Gasteiger partial charge in [0.2, 0.25) is 17.7 Å². The molecule has 4 N–H and O–H groups in total. The normalized spacial score (nSPS) is 27.0. The van der Waals surface area contributed by atoms with Gasteiger partial charge in [0.15, 0.2) is 0 Å². The molecule has 1 aliphatic heterocycles. The van der Waals surface area contributed by atoms with Gasteiger partial charge in [0, 0.05) is 25.6 Å². The van der Waals surface area contributed by atoms with E-state index >= 15 is 0 Å². The Kier molecular flexibility index (Phi) is 12.0. The third kappa shape index (κ3) is 8.66. The fraction of sp³-hybridized carbons (Fsp3) is 0.594. The van der Waals surface area contributed by atoms with Crippen LogP contribution in [0.15, 0.2) is 48.1 Å². The molecule has 1 aliphatic carbocycles. The van der Waals surface area contributed by atoms with Crippen molar-refractivity contribution in [1.29, 1.82) is 0 Å². The molecule has 0 radical (unpaired) electrons. The van der Waals surface area contributed by atoms with Crippen molar-refractivity contribution in [2.75, 3.05) is 20.2 Å². The number of nitrogens with one attached hydrogen (secondary N) is 3. The van der Waals surface area contributed by atoms with Gasteiger partial charge < -0.3 is 30.7 Å². The molecular weight excluding hydrogens is 520 g/mol. The molecule has 226 valence electrons. The van der Waals surface area contributed by atoms with E-state index in [0.717, 1.165) is 29.7 Å². The van der Waals surface area contributed by atoms with E-state index in [2.05, 4.69) is 28.1 Å². The predicted molar refractivity (Wildman–Crippen MR) is 160 cm³/mol. The quantitative estimate of drug-likeness (QED) is 0.444. The molecule has 9 nitrogen and oxygen atoms in total. The summed E-state index contributed by atoms with van der Waals surface area (Å²) in [6.07, 6.45) is 8.19. The summed E-state index contributed by atoms with van der Waals surface area (Å²) in [5.41, 5.74) is 2.01. The van der Waals surface area contributed by atoms with E-state index in [1.807, 2.05) is 58.0 Å². The largest absolute Gasteiger partial charge is 0.492 e. The minimum atomic E-state index is -1.18. The van der Waals surface area contributed by atoms with Gasteiger partial charge in [-0.25, -0.2) is 0 Å². The maximum atomic E-state index is 13.7. The van der Waals surface area contributed by atoms with E-state index in [9.17, 15) is 19.5 Å². The van der Waals surface area contributed by atoms with Crippen LogP contribution in [0, 0.1) is 11.8 Å². The van der Waals surface area contributed by atoms with Gasteiger partial charge in [-0.15, -0.1) is 0 Å². The fourth-order valence-corrected chi connectivity index (χ4v) is 5.51. The highest BCUT2D eigenvalue weighted by molar-refractivity contribution is 5.93. The van der Waals surface area contributed by atoms with Gasteiger partial charge in [-0.1, -0.05) is 57.2 Å². The van der Waals surface area contributed by atoms with E-state index in [1.54, 1.807) is 0 Å². The second-order valence-electron chi connectivity index (χ2n) is 11.7. The molecule has 0 aromatic heterocycles. The van der Waals surface area contributed by atoms with Crippen LogP contribution in [0.2, 0.25) is 0 Å². The number of ether oxygens (including phenoxy) is 1. The van der Waals surface area contributed by atoms with Crippen LogP contribution >= 0.6 is 0 Å². The third-order valence-corrected chi connectivity index (χ3v) is 7.98. The van der Waals surface area contributed by atoms with Crippen LogP contribution in [0.3, 0.4) is 0 Å².